The van der Waals surface area contributed by atoms with Crippen LogP contribution in [-0.2, 0) is 33.3 Å². The van der Waals surface area contributed by atoms with Crippen LogP contribution in [0.2, 0.25) is 0 Å². The zero-order valence-corrected chi connectivity index (χ0v) is 19.1. The van der Waals surface area contributed by atoms with Crippen LogP contribution in [0.5, 0.6) is 0 Å². The molecule has 0 aromatic heterocycles. The monoisotopic (exact) mass is 434 g/mol. The van der Waals surface area contributed by atoms with E-state index in [1.54, 1.807) is 0 Å². The van der Waals surface area contributed by atoms with E-state index in [1.165, 1.54) is 13.8 Å². The van der Waals surface area contributed by atoms with Crippen molar-refractivity contribution in [2.24, 2.45) is 29.6 Å². The van der Waals surface area contributed by atoms with Crippen molar-refractivity contribution in [2.75, 3.05) is 6.61 Å². The number of fused-ring (bicyclic) bond motifs is 2. The molecule has 0 aromatic rings. The number of carbonyl (C=O) groups excluding carboxylic acids is 3. The van der Waals surface area contributed by atoms with E-state index in [1.807, 2.05) is 6.92 Å². The predicted molar refractivity (Wildman–Crippen MR) is 111 cm³/mol. The largest absolute Gasteiger partial charge is 0.462 e. The molecule has 4 rings (SSSR count). The normalized spacial score (nSPS) is 46.9. The highest BCUT2D eigenvalue weighted by atomic mass is 16.6. The Labute approximate surface area is 183 Å². The maximum absolute atomic E-state index is 13.0. The maximum Gasteiger partial charge on any atom is 0.303 e. The molecule has 0 radical (unpaired) electrons. The predicted octanol–water partition coefficient (Wildman–Crippen LogP) is 2.85. The van der Waals surface area contributed by atoms with Gasteiger partial charge in [0.1, 0.15) is 17.8 Å². The van der Waals surface area contributed by atoms with Crippen LogP contribution in [0.4, 0.5) is 0 Å². The fourth-order valence-electron chi connectivity index (χ4n) is 6.58. The number of Topliss-reactive ketones (excluding diaryl/α,β-unsaturated/α-hetero) is 1. The number of ether oxygens (including phenoxy) is 4. The van der Waals surface area contributed by atoms with E-state index in [0.717, 1.165) is 6.42 Å². The molecule has 0 spiro atoms. The van der Waals surface area contributed by atoms with Gasteiger partial charge in [0.2, 0.25) is 0 Å². The van der Waals surface area contributed by atoms with Crippen molar-refractivity contribution >= 4 is 17.7 Å². The first-order valence-electron chi connectivity index (χ1n) is 11.4. The summed E-state index contributed by atoms with van der Waals surface area (Å²) in [5, 5.41) is 0. The second-order valence-electron chi connectivity index (χ2n) is 10.2. The molecule has 172 valence electrons. The van der Waals surface area contributed by atoms with Gasteiger partial charge >= 0.3 is 11.9 Å². The van der Waals surface area contributed by atoms with Crippen LogP contribution in [0, 0.1) is 29.6 Å². The lowest BCUT2D eigenvalue weighted by atomic mass is 9.59. The summed E-state index contributed by atoms with van der Waals surface area (Å²) in [5.41, 5.74) is -0.525. The van der Waals surface area contributed by atoms with Gasteiger partial charge in [-0.05, 0) is 36.7 Å². The lowest BCUT2D eigenvalue weighted by molar-refractivity contribution is -0.201. The number of hydrogen-bond acceptors (Lipinski definition) is 7. The highest BCUT2D eigenvalue weighted by molar-refractivity contribution is 5.95. The van der Waals surface area contributed by atoms with E-state index in [2.05, 4.69) is 20.4 Å². The summed E-state index contributed by atoms with van der Waals surface area (Å²) in [7, 11) is 0. The minimum absolute atomic E-state index is 0.0295. The Morgan fingerprint density at radius 2 is 1.74 bits per heavy atom. The summed E-state index contributed by atoms with van der Waals surface area (Å²) in [6, 6.07) is 0. The van der Waals surface area contributed by atoms with Crippen LogP contribution in [0.25, 0.3) is 0 Å². The van der Waals surface area contributed by atoms with Gasteiger partial charge in [0.05, 0.1) is 25.2 Å². The number of hydrogen-bond donors (Lipinski definition) is 0. The standard InChI is InChI=1S/C24H34O7/c1-11-8-18-21-20-16(7-12(2)22(21)30-15(5)26)13(3)10-28-24(6,23(20)31-18)19(9-17(11)27)29-14(4)25/h12-13,16,18-23H,1,7-10H2,2-6H3/t12-,13+,16+,18?,19-,20+,21+,22-,23+,24+/m0/s1. The molecule has 7 nitrogen and oxygen atoms in total. The van der Waals surface area contributed by atoms with Crippen molar-refractivity contribution in [3.8, 4) is 0 Å². The fourth-order valence-corrected chi connectivity index (χ4v) is 6.58. The third kappa shape index (κ3) is 3.74. The van der Waals surface area contributed by atoms with Gasteiger partial charge in [-0.1, -0.05) is 20.4 Å². The Morgan fingerprint density at radius 3 is 2.39 bits per heavy atom. The van der Waals surface area contributed by atoms with Crippen LogP contribution in [0.1, 0.15) is 53.9 Å². The summed E-state index contributed by atoms with van der Waals surface area (Å²) in [4.78, 5) is 36.9. The van der Waals surface area contributed by atoms with E-state index >= 15 is 0 Å². The molecular formula is C24H34O7. The Morgan fingerprint density at radius 1 is 1.06 bits per heavy atom. The second kappa shape index (κ2) is 8.00. The number of esters is 2. The molecule has 0 amide bonds. The van der Waals surface area contributed by atoms with Gasteiger partial charge in [0, 0.05) is 32.1 Å². The van der Waals surface area contributed by atoms with E-state index < -0.39 is 17.7 Å². The molecule has 1 saturated carbocycles. The third-order valence-electron chi connectivity index (χ3n) is 8.04. The van der Waals surface area contributed by atoms with Gasteiger partial charge in [0.15, 0.2) is 5.78 Å². The fraction of sp³-hybridized carbons (Fsp3) is 0.792. The van der Waals surface area contributed by atoms with Gasteiger partial charge in [-0.25, -0.2) is 0 Å². The zero-order valence-electron chi connectivity index (χ0n) is 19.1. The van der Waals surface area contributed by atoms with Gasteiger partial charge in [0.25, 0.3) is 0 Å². The van der Waals surface area contributed by atoms with Crippen LogP contribution < -0.4 is 0 Å². The summed E-state index contributed by atoms with van der Waals surface area (Å²) in [6.45, 7) is 13.5. The Kier molecular flexibility index (Phi) is 5.80. The van der Waals surface area contributed by atoms with E-state index in [0.29, 0.717) is 24.5 Å². The molecule has 3 saturated heterocycles. The van der Waals surface area contributed by atoms with Crippen molar-refractivity contribution < 1.29 is 33.3 Å². The molecule has 7 heteroatoms. The average Bonchev–Trinajstić information content (AvgIpc) is 3.02. The number of carbonyl (C=O) groups is 3. The molecule has 1 aliphatic carbocycles. The summed E-state index contributed by atoms with van der Waals surface area (Å²) >= 11 is 0. The molecule has 2 bridgehead atoms. The highest BCUT2D eigenvalue weighted by Crippen LogP contribution is 2.57. The third-order valence-corrected chi connectivity index (χ3v) is 8.04. The quantitative estimate of drug-likeness (QED) is 0.488. The second-order valence-corrected chi connectivity index (χ2v) is 10.2. The Hall–Kier alpha value is -1.73. The maximum atomic E-state index is 13.0. The summed E-state index contributed by atoms with van der Waals surface area (Å²) in [5.74, 6) is -0.143. The average molecular weight is 435 g/mol. The van der Waals surface area contributed by atoms with Crippen LogP contribution >= 0.6 is 0 Å². The van der Waals surface area contributed by atoms with Gasteiger partial charge in [-0.2, -0.15) is 0 Å². The molecule has 4 fully saturated rings. The van der Waals surface area contributed by atoms with Crippen LogP contribution in [0.15, 0.2) is 12.2 Å². The van der Waals surface area contributed by atoms with E-state index in [4.69, 9.17) is 18.9 Å². The molecular weight excluding hydrogens is 400 g/mol. The van der Waals surface area contributed by atoms with Crippen molar-refractivity contribution in [3.05, 3.63) is 12.2 Å². The molecule has 4 aliphatic rings. The molecule has 3 heterocycles. The van der Waals surface area contributed by atoms with Gasteiger partial charge < -0.3 is 18.9 Å². The van der Waals surface area contributed by atoms with E-state index in [9.17, 15) is 14.4 Å². The van der Waals surface area contributed by atoms with Crippen LogP contribution in [-0.4, -0.2) is 54.3 Å². The Bertz CT molecular complexity index is 791. The van der Waals surface area contributed by atoms with Gasteiger partial charge in [-0.3, -0.25) is 14.4 Å². The molecule has 10 atom stereocenters. The zero-order chi connectivity index (χ0) is 22.7. The van der Waals surface area contributed by atoms with Crippen molar-refractivity contribution in [2.45, 2.75) is 83.9 Å². The van der Waals surface area contributed by atoms with Crippen molar-refractivity contribution in [3.63, 3.8) is 0 Å². The minimum atomic E-state index is -0.978. The lowest BCUT2D eigenvalue weighted by Gasteiger charge is -2.47. The lowest BCUT2D eigenvalue weighted by Crippen LogP contribution is -2.57. The minimum Gasteiger partial charge on any atom is -0.462 e. The number of ketones is 1. The summed E-state index contributed by atoms with van der Waals surface area (Å²) in [6.07, 6.45) is -0.416. The molecule has 0 aromatic carbocycles. The molecule has 3 aliphatic heterocycles. The van der Waals surface area contributed by atoms with Crippen molar-refractivity contribution in [1.82, 2.24) is 0 Å². The molecule has 1 unspecified atom stereocenters. The topological polar surface area (TPSA) is 88.1 Å². The molecule has 31 heavy (non-hydrogen) atoms. The number of rotatable bonds is 2. The first kappa shape index (κ1) is 22.5. The summed E-state index contributed by atoms with van der Waals surface area (Å²) < 4.78 is 24.6. The van der Waals surface area contributed by atoms with Crippen LogP contribution in [0.3, 0.4) is 0 Å². The van der Waals surface area contributed by atoms with Gasteiger partial charge in [-0.15, -0.1) is 0 Å². The smallest absolute Gasteiger partial charge is 0.303 e. The highest BCUT2D eigenvalue weighted by Gasteiger charge is 2.65. The van der Waals surface area contributed by atoms with E-state index in [-0.39, 0.29) is 60.2 Å². The Balaban J connectivity index is 1.84. The first-order valence-corrected chi connectivity index (χ1v) is 11.4. The first-order chi connectivity index (χ1) is 14.5. The SMILES string of the molecule is C=C1CC2O[C@@H]3[C@@H]4[C@H](C[C@H](C)[C@H](OC(C)=O)[C@H]24)[C@H](C)CO[C@]3(C)[C@@H](OC(C)=O)CC1=O. The molecule has 0 N–H and O–H groups in total. The van der Waals surface area contributed by atoms with Crippen molar-refractivity contribution in [1.29, 1.82) is 0 Å².